The van der Waals surface area contributed by atoms with Crippen molar-refractivity contribution in [3.63, 3.8) is 0 Å². The second kappa shape index (κ2) is 12.7. The third-order valence-electron chi connectivity index (χ3n) is 5.37. The van der Waals surface area contributed by atoms with Gasteiger partial charge in [0.05, 0.1) is 26.3 Å². The van der Waals surface area contributed by atoms with Crippen molar-refractivity contribution in [2.24, 2.45) is 0 Å². The Hall–Kier alpha value is -0.393. The maximum atomic E-state index is 12.4. The number of nitrogens with one attached hydrogen (secondary N) is 1. The average Bonchev–Trinajstić information content (AvgIpc) is 2.91. The minimum atomic E-state index is -0.916. The predicted molar refractivity (Wildman–Crippen MR) is 138 cm³/mol. The Kier molecular flexibility index (Phi) is 11.8. The normalized spacial score (nSPS) is 17.9. The summed E-state index contributed by atoms with van der Waals surface area (Å²) in [6, 6.07) is 4.96. The molecule has 1 saturated heterocycles. The molecular formula is C22H35BNO7PSTl. The van der Waals surface area contributed by atoms with Gasteiger partial charge in [-0.25, -0.2) is 9.59 Å². The second-order valence-corrected chi connectivity index (χ2v) is 12.2. The van der Waals surface area contributed by atoms with Crippen LogP contribution in [0.4, 0.5) is 4.79 Å². The predicted octanol–water partition coefficient (Wildman–Crippen LogP) is 3.46. The van der Waals surface area contributed by atoms with Crippen LogP contribution in [0, 0.1) is 0 Å². The molecule has 1 N–H and O–H groups in total. The van der Waals surface area contributed by atoms with Crippen molar-refractivity contribution in [3.8, 4) is 0 Å². The van der Waals surface area contributed by atoms with E-state index in [4.69, 9.17) is 23.3 Å². The molecule has 1 heterocycles. The second-order valence-electron chi connectivity index (χ2n) is 9.81. The third kappa shape index (κ3) is 8.92. The summed E-state index contributed by atoms with van der Waals surface area (Å²) >= 11 is 1.54. The van der Waals surface area contributed by atoms with Gasteiger partial charge in [0.1, 0.15) is 11.6 Å². The van der Waals surface area contributed by atoms with E-state index < -0.39 is 42.0 Å². The molecule has 1 aliphatic rings. The van der Waals surface area contributed by atoms with Crippen LogP contribution < -0.4 is 10.8 Å². The van der Waals surface area contributed by atoms with Crippen LogP contribution in [0.3, 0.4) is 0 Å². The van der Waals surface area contributed by atoms with Crippen LogP contribution in [0.2, 0.25) is 0 Å². The van der Waals surface area contributed by atoms with Crippen molar-refractivity contribution < 1.29 is 32.9 Å². The molecule has 0 aromatic heterocycles. The first-order valence-electron chi connectivity index (χ1n) is 10.7. The molecule has 1 aromatic carbocycles. The monoisotopic (exact) mass is 704 g/mol. The van der Waals surface area contributed by atoms with Gasteiger partial charge in [-0.2, -0.15) is 0 Å². The van der Waals surface area contributed by atoms with Crippen molar-refractivity contribution >= 4 is 71.3 Å². The van der Waals surface area contributed by atoms with Crippen LogP contribution in [0.25, 0.3) is 0 Å². The quantitative estimate of drug-likeness (QED) is 0.250. The van der Waals surface area contributed by atoms with Gasteiger partial charge in [0.15, 0.2) is 0 Å². The molecule has 1 aromatic rings. The first-order valence-corrected chi connectivity index (χ1v) is 13.1. The van der Waals surface area contributed by atoms with E-state index in [1.807, 2.05) is 45.9 Å². The fraction of sp³-hybridized carbons (Fsp3) is 0.636. The van der Waals surface area contributed by atoms with Gasteiger partial charge in [0.2, 0.25) is 0 Å². The number of carbonyl (C=O) groups is 2. The van der Waals surface area contributed by atoms with Crippen LogP contribution in [0.1, 0.15) is 54.0 Å². The van der Waals surface area contributed by atoms with Gasteiger partial charge < -0.3 is 28.6 Å². The first kappa shape index (κ1) is 31.6. The zero-order valence-corrected chi connectivity index (χ0v) is 27.7. The van der Waals surface area contributed by atoms with Gasteiger partial charge in [0, 0.05) is 45.7 Å². The minimum absolute atomic E-state index is 0. The molecule has 0 spiro atoms. The molecular weight excluding hydrogens is 668 g/mol. The number of carbonyl (C=O) groups excluding carboxylic acids is 2. The van der Waals surface area contributed by atoms with E-state index >= 15 is 0 Å². The Morgan fingerprint density at radius 1 is 1.12 bits per heavy atom. The molecule has 0 aliphatic carbocycles. The summed E-state index contributed by atoms with van der Waals surface area (Å²) in [7, 11) is 2.58. The first-order chi connectivity index (χ1) is 15.2. The van der Waals surface area contributed by atoms with Crippen LogP contribution in [0.5, 0.6) is 0 Å². The molecule has 34 heavy (non-hydrogen) atoms. The fourth-order valence-electron chi connectivity index (χ4n) is 3.09. The topological polar surface area (TPSA) is 92.3 Å². The summed E-state index contributed by atoms with van der Waals surface area (Å²) < 4.78 is 27.9. The smallest absolute Gasteiger partial charge is 0.467 e. The molecule has 1 aliphatic heterocycles. The Morgan fingerprint density at radius 2 is 1.71 bits per heavy atom. The number of benzene rings is 1. The molecule has 1 fully saturated rings. The fourth-order valence-corrected chi connectivity index (χ4v) is 4.57. The number of amides is 1. The van der Waals surface area contributed by atoms with Crippen LogP contribution in [0.15, 0.2) is 23.1 Å². The molecule has 2 atom stereocenters. The molecule has 2 unspecified atom stereocenters. The van der Waals surface area contributed by atoms with Crippen molar-refractivity contribution in [2.45, 2.75) is 82.6 Å². The molecule has 12 heteroatoms. The standard InChI is InChI=1S/C22H35BNO7PS.Tl/c1-20(2,3)29-19(26)24-17(18(25)27-8)12-14-10-15(13-16(11-14)33-32-28-9)23-30-21(4,5)22(6,7)31-23;/h10-11,13,17,32H,12H2,1-9H3,(H,24,26);. The Labute approximate surface area is 229 Å². The van der Waals surface area contributed by atoms with Gasteiger partial charge in [-0.1, -0.05) is 17.4 Å². The molecule has 8 nitrogen and oxygen atoms in total. The maximum Gasteiger partial charge on any atom is 0.494 e. The largest absolute Gasteiger partial charge is 0.494 e. The molecule has 187 valence electrons. The molecule has 0 bridgehead atoms. The van der Waals surface area contributed by atoms with E-state index in [0.717, 1.165) is 15.9 Å². The van der Waals surface area contributed by atoms with E-state index in [9.17, 15) is 9.59 Å². The number of methoxy groups -OCH3 is 1. The van der Waals surface area contributed by atoms with E-state index in [-0.39, 0.29) is 41.7 Å². The number of esters is 1. The van der Waals surface area contributed by atoms with Gasteiger partial charge in [0.25, 0.3) is 0 Å². The summed E-state index contributed by atoms with van der Waals surface area (Å²) in [4.78, 5) is 25.7. The number of rotatable bonds is 8. The zero-order chi connectivity index (χ0) is 25.0. The Balaban J connectivity index is 0.00000578. The maximum absolute atomic E-state index is 12.4. The summed E-state index contributed by atoms with van der Waals surface area (Å²) in [5.41, 5.74) is -0.0104. The van der Waals surface area contributed by atoms with E-state index in [1.165, 1.54) is 18.5 Å². The molecule has 1 radical (unpaired) electrons. The van der Waals surface area contributed by atoms with E-state index in [1.54, 1.807) is 27.9 Å². The van der Waals surface area contributed by atoms with E-state index in [0.29, 0.717) is 0 Å². The minimum Gasteiger partial charge on any atom is -0.467 e. The molecule has 1 amide bonds. The van der Waals surface area contributed by atoms with Gasteiger partial charge >= 0.3 is 19.2 Å². The Morgan fingerprint density at radius 3 is 2.21 bits per heavy atom. The molecule has 0 saturated carbocycles. The van der Waals surface area contributed by atoms with Crippen LogP contribution in [-0.2, 0) is 34.5 Å². The van der Waals surface area contributed by atoms with Crippen molar-refractivity contribution in [3.05, 3.63) is 23.8 Å². The van der Waals surface area contributed by atoms with Crippen molar-refractivity contribution in [2.75, 3.05) is 14.2 Å². The van der Waals surface area contributed by atoms with Crippen LogP contribution >= 0.6 is 19.4 Å². The number of hydrogen-bond acceptors (Lipinski definition) is 8. The average molecular weight is 704 g/mol. The third-order valence-corrected chi connectivity index (χ3v) is 7.55. The summed E-state index contributed by atoms with van der Waals surface area (Å²) in [6.45, 7) is 13.3. The number of hydrogen-bond donors (Lipinski definition) is 1. The van der Waals surface area contributed by atoms with Gasteiger partial charge in [-0.3, -0.25) is 0 Å². The van der Waals surface area contributed by atoms with Gasteiger partial charge in [-0.05, 0) is 71.6 Å². The van der Waals surface area contributed by atoms with Gasteiger partial charge in [-0.15, -0.1) is 0 Å². The number of ether oxygens (including phenoxy) is 2. The SMILES string of the molecule is COPSc1cc(CC(NC(=O)OC(C)(C)C)C(=O)OC)cc(B2OC(C)(C)C(C)(C)O2)c1.[Tl]. The summed E-state index contributed by atoms with van der Waals surface area (Å²) in [5, 5.41) is 2.62. The number of alkyl carbamates (subject to hydrolysis) is 1. The summed E-state index contributed by atoms with van der Waals surface area (Å²) in [6.07, 6.45) is -0.474. The van der Waals surface area contributed by atoms with Crippen molar-refractivity contribution in [1.29, 1.82) is 0 Å². The van der Waals surface area contributed by atoms with Crippen LogP contribution in [-0.4, -0.2) is 83.5 Å². The van der Waals surface area contributed by atoms with E-state index in [2.05, 4.69) is 5.32 Å². The van der Waals surface area contributed by atoms with Crippen molar-refractivity contribution in [1.82, 2.24) is 5.32 Å². The summed E-state index contributed by atoms with van der Waals surface area (Å²) in [5.74, 6) is -0.560. The molecule has 2 rings (SSSR count). The Bertz CT molecular complexity index is 850. The zero-order valence-electron chi connectivity index (χ0n) is 21.4.